The number of nitrogens with zero attached hydrogens (tertiary/aromatic N) is 3. The number of sulfonamides is 1. The van der Waals surface area contributed by atoms with Crippen LogP contribution in [0.2, 0.25) is 0 Å². The van der Waals surface area contributed by atoms with Crippen LogP contribution in [0.25, 0.3) is 0 Å². The summed E-state index contributed by atoms with van der Waals surface area (Å²) >= 11 is 1.39. The fraction of sp³-hybridized carbons (Fsp3) is 0.619. The Balaban J connectivity index is 1.60. The molecule has 0 aliphatic carbocycles. The molecule has 9 heteroatoms. The molecule has 2 saturated heterocycles. The molecule has 2 amide bonds. The molecule has 1 aromatic rings. The van der Waals surface area contributed by atoms with Crippen LogP contribution in [0.15, 0.2) is 28.0 Å². The Morgan fingerprint density at radius 1 is 1.13 bits per heavy atom. The van der Waals surface area contributed by atoms with E-state index in [0.717, 1.165) is 24.2 Å². The third-order valence-electron chi connectivity index (χ3n) is 6.09. The molecule has 7 nitrogen and oxygen atoms in total. The number of anilines is 1. The zero-order valence-electron chi connectivity index (χ0n) is 17.5. The molecule has 2 fully saturated rings. The van der Waals surface area contributed by atoms with Crippen molar-refractivity contribution in [2.24, 2.45) is 11.8 Å². The highest BCUT2D eigenvalue weighted by Gasteiger charge is 2.33. The van der Waals surface area contributed by atoms with Crippen molar-refractivity contribution in [3.8, 4) is 0 Å². The lowest BCUT2D eigenvalue weighted by atomic mass is 9.92. The molecule has 3 heterocycles. The molecular formula is C21H29N3O4S2. The molecule has 3 aliphatic heterocycles. The summed E-state index contributed by atoms with van der Waals surface area (Å²) in [6.07, 6.45) is 2.83. The van der Waals surface area contributed by atoms with Gasteiger partial charge in [0.25, 0.3) is 0 Å². The number of carbonyl (C=O) groups is 2. The normalized spacial score (nSPS) is 25.5. The van der Waals surface area contributed by atoms with Crippen molar-refractivity contribution in [2.75, 3.05) is 43.4 Å². The molecule has 0 radical (unpaired) electrons. The van der Waals surface area contributed by atoms with Gasteiger partial charge in [-0.1, -0.05) is 13.8 Å². The first kappa shape index (κ1) is 21.6. The van der Waals surface area contributed by atoms with Crippen molar-refractivity contribution in [2.45, 2.75) is 42.9 Å². The molecule has 0 bridgehead atoms. The van der Waals surface area contributed by atoms with Crippen LogP contribution in [0.3, 0.4) is 0 Å². The number of amides is 2. The standard InChI is InChI=1S/C21H29N3O4S2/c1-15-9-16(2)12-22(11-15)20(25)13-24-18-10-17(5-6-19(18)29-14-21(24)26)30(27,28)23-7-3-4-8-23/h5-6,10,15-16H,3-4,7-9,11-14H2,1-2H3/t15-,16-/m1/s1. The van der Waals surface area contributed by atoms with Crippen molar-refractivity contribution in [3.05, 3.63) is 18.2 Å². The molecule has 0 aromatic heterocycles. The number of likely N-dealkylation sites (tertiary alicyclic amines) is 1. The van der Waals surface area contributed by atoms with E-state index in [-0.39, 0.29) is 29.0 Å². The number of hydrogen-bond acceptors (Lipinski definition) is 5. The maximum absolute atomic E-state index is 13.0. The zero-order chi connectivity index (χ0) is 21.5. The Morgan fingerprint density at radius 3 is 2.47 bits per heavy atom. The second-order valence-corrected chi connectivity index (χ2v) is 11.7. The molecule has 0 spiro atoms. The highest BCUT2D eigenvalue weighted by atomic mass is 32.2. The first-order valence-corrected chi connectivity index (χ1v) is 13.0. The van der Waals surface area contributed by atoms with Crippen LogP contribution in [-0.4, -0.2) is 67.9 Å². The van der Waals surface area contributed by atoms with Crippen LogP contribution >= 0.6 is 11.8 Å². The van der Waals surface area contributed by atoms with Gasteiger partial charge in [0.15, 0.2) is 0 Å². The maximum atomic E-state index is 13.0. The van der Waals surface area contributed by atoms with Crippen LogP contribution in [-0.2, 0) is 19.6 Å². The summed E-state index contributed by atoms with van der Waals surface area (Å²) in [5, 5.41) is 0. The minimum absolute atomic E-state index is 0.0426. The number of benzene rings is 1. The first-order chi connectivity index (χ1) is 14.3. The Hall–Kier alpha value is -1.58. The monoisotopic (exact) mass is 451 g/mol. The van der Waals surface area contributed by atoms with Crippen molar-refractivity contribution < 1.29 is 18.0 Å². The summed E-state index contributed by atoms with van der Waals surface area (Å²) < 4.78 is 27.5. The van der Waals surface area contributed by atoms with Crippen molar-refractivity contribution in [1.82, 2.24) is 9.21 Å². The largest absolute Gasteiger partial charge is 0.341 e. The van der Waals surface area contributed by atoms with Gasteiger partial charge in [0.1, 0.15) is 6.54 Å². The number of piperidine rings is 1. The second-order valence-electron chi connectivity index (χ2n) is 8.75. The van der Waals surface area contributed by atoms with E-state index in [4.69, 9.17) is 0 Å². The van der Waals surface area contributed by atoms with Gasteiger partial charge in [-0.15, -0.1) is 11.8 Å². The van der Waals surface area contributed by atoms with Gasteiger partial charge >= 0.3 is 0 Å². The summed E-state index contributed by atoms with van der Waals surface area (Å²) in [6.45, 7) is 6.71. The van der Waals surface area contributed by atoms with Gasteiger partial charge in [0.05, 0.1) is 16.3 Å². The van der Waals surface area contributed by atoms with E-state index in [9.17, 15) is 18.0 Å². The van der Waals surface area contributed by atoms with Gasteiger partial charge in [-0.2, -0.15) is 4.31 Å². The van der Waals surface area contributed by atoms with Crippen molar-refractivity contribution in [3.63, 3.8) is 0 Å². The van der Waals surface area contributed by atoms with Crippen LogP contribution in [0, 0.1) is 11.8 Å². The van der Waals surface area contributed by atoms with Gasteiger partial charge < -0.3 is 9.80 Å². The Kier molecular flexibility index (Phi) is 6.14. The number of thioether (sulfide) groups is 1. The van der Waals surface area contributed by atoms with Crippen molar-refractivity contribution >= 4 is 39.3 Å². The second kappa shape index (κ2) is 8.51. The molecule has 0 saturated carbocycles. The molecule has 164 valence electrons. The molecule has 30 heavy (non-hydrogen) atoms. The average Bonchev–Trinajstić information content (AvgIpc) is 3.24. The van der Waals surface area contributed by atoms with E-state index in [1.54, 1.807) is 18.2 Å². The third-order valence-corrected chi connectivity index (χ3v) is 9.03. The van der Waals surface area contributed by atoms with Crippen LogP contribution in [0.4, 0.5) is 5.69 Å². The van der Waals surface area contributed by atoms with Crippen LogP contribution < -0.4 is 4.90 Å². The van der Waals surface area contributed by atoms with E-state index in [1.165, 1.54) is 21.0 Å². The Bertz CT molecular complexity index is 934. The van der Waals surface area contributed by atoms with E-state index >= 15 is 0 Å². The number of rotatable bonds is 4. The summed E-state index contributed by atoms with van der Waals surface area (Å²) in [5.74, 6) is 0.900. The predicted octanol–water partition coefficient (Wildman–Crippen LogP) is 2.41. The topological polar surface area (TPSA) is 78.0 Å². The quantitative estimate of drug-likeness (QED) is 0.703. The lowest BCUT2D eigenvalue weighted by Crippen LogP contribution is -2.49. The molecule has 3 aliphatic rings. The van der Waals surface area contributed by atoms with Gasteiger partial charge in [-0.3, -0.25) is 9.59 Å². The Morgan fingerprint density at radius 2 is 1.80 bits per heavy atom. The van der Waals surface area contributed by atoms with E-state index < -0.39 is 10.0 Å². The van der Waals surface area contributed by atoms with Crippen LogP contribution in [0.5, 0.6) is 0 Å². The Labute approximate surface area is 182 Å². The summed E-state index contributed by atoms with van der Waals surface area (Å²) in [7, 11) is -3.59. The predicted molar refractivity (Wildman–Crippen MR) is 117 cm³/mol. The fourth-order valence-corrected chi connectivity index (χ4v) is 7.15. The highest BCUT2D eigenvalue weighted by molar-refractivity contribution is 8.00. The first-order valence-electron chi connectivity index (χ1n) is 10.6. The van der Waals surface area contributed by atoms with Gasteiger partial charge in [0, 0.05) is 31.1 Å². The number of carbonyl (C=O) groups excluding carboxylic acids is 2. The average molecular weight is 452 g/mol. The highest BCUT2D eigenvalue weighted by Crippen LogP contribution is 2.38. The molecule has 1 aromatic carbocycles. The zero-order valence-corrected chi connectivity index (χ0v) is 19.2. The van der Waals surface area contributed by atoms with E-state index in [0.29, 0.717) is 43.7 Å². The SMILES string of the molecule is C[C@@H]1C[C@@H](C)CN(C(=O)CN2C(=O)CSc3ccc(S(=O)(=O)N4CCCC4)cc32)C1. The minimum Gasteiger partial charge on any atom is -0.341 e. The summed E-state index contributed by atoms with van der Waals surface area (Å²) in [5.41, 5.74) is 0.531. The van der Waals surface area contributed by atoms with Crippen LogP contribution in [0.1, 0.15) is 33.1 Å². The lowest BCUT2D eigenvalue weighted by Gasteiger charge is -2.37. The molecular weight excluding hydrogens is 422 g/mol. The third kappa shape index (κ3) is 4.24. The minimum atomic E-state index is -3.59. The number of hydrogen-bond donors (Lipinski definition) is 0. The smallest absolute Gasteiger partial charge is 0.243 e. The lowest BCUT2D eigenvalue weighted by molar-refractivity contribution is -0.133. The van der Waals surface area contributed by atoms with Gasteiger partial charge in [-0.05, 0) is 49.3 Å². The maximum Gasteiger partial charge on any atom is 0.243 e. The van der Waals surface area contributed by atoms with E-state index in [2.05, 4.69) is 13.8 Å². The molecule has 2 atom stereocenters. The van der Waals surface area contributed by atoms with E-state index in [1.807, 2.05) is 4.90 Å². The molecule has 0 N–H and O–H groups in total. The fourth-order valence-electron chi connectivity index (χ4n) is 4.70. The van der Waals surface area contributed by atoms with Gasteiger partial charge in [0.2, 0.25) is 21.8 Å². The molecule has 0 unspecified atom stereocenters. The van der Waals surface area contributed by atoms with Crippen molar-refractivity contribution in [1.29, 1.82) is 0 Å². The van der Waals surface area contributed by atoms with Gasteiger partial charge in [-0.25, -0.2) is 8.42 Å². The summed E-state index contributed by atoms with van der Waals surface area (Å²) in [6, 6.07) is 4.95. The molecule has 4 rings (SSSR count). The number of fused-ring (bicyclic) bond motifs is 1. The summed E-state index contributed by atoms with van der Waals surface area (Å²) in [4.78, 5) is 30.0.